The minimum absolute atomic E-state index is 0.0570. The third-order valence-electron chi connectivity index (χ3n) is 5.36. The third kappa shape index (κ3) is 5.18. The number of rotatable bonds is 9. The van der Waals surface area contributed by atoms with Crippen LogP contribution >= 0.6 is 11.6 Å². The van der Waals surface area contributed by atoms with E-state index in [1.54, 1.807) is 18.3 Å². The maximum atomic E-state index is 11.9. The first-order chi connectivity index (χ1) is 14.3. The predicted octanol–water partition coefficient (Wildman–Crippen LogP) is 5.27. The molecule has 1 aromatic carbocycles. The number of hydrogen-bond acceptors (Lipinski definition) is 4. The molecule has 0 radical (unpaired) electrons. The maximum Gasteiger partial charge on any atom is 0.176 e. The van der Waals surface area contributed by atoms with Crippen LogP contribution in [-0.2, 0) is 14.6 Å². The summed E-state index contributed by atoms with van der Waals surface area (Å²) in [4.78, 5) is 19.1. The van der Waals surface area contributed by atoms with E-state index in [4.69, 9.17) is 11.6 Å². The molecule has 30 heavy (non-hydrogen) atoms. The van der Waals surface area contributed by atoms with Gasteiger partial charge in [-0.2, -0.15) is 0 Å². The summed E-state index contributed by atoms with van der Waals surface area (Å²) >= 11 is 6.32. The second-order valence-corrected chi connectivity index (χ2v) is 9.86. The zero-order valence-electron chi connectivity index (χ0n) is 17.0. The molecule has 5 nitrogen and oxygen atoms in total. The highest BCUT2D eigenvalue weighted by Crippen LogP contribution is 2.36. The highest BCUT2D eigenvalue weighted by atomic mass is 35.5. The largest absolute Gasteiger partial charge is 0.357 e. The summed E-state index contributed by atoms with van der Waals surface area (Å²) in [5, 5.41) is 0.208. The number of aromatic nitrogens is 2. The SMILES string of the molecule is CC[C@@H](CC=O)CC(c1ccc(S(C)(=O)=O)c(Cl)c1)c1ccc(-c2ccccn2)[nH]1. The molecule has 2 atom stereocenters. The third-order valence-corrected chi connectivity index (χ3v) is 6.94. The monoisotopic (exact) mass is 444 g/mol. The van der Waals surface area contributed by atoms with Crippen LogP contribution in [0.5, 0.6) is 0 Å². The summed E-state index contributed by atoms with van der Waals surface area (Å²) in [6.07, 6.45) is 5.94. The topological polar surface area (TPSA) is 79.9 Å². The highest BCUT2D eigenvalue weighted by molar-refractivity contribution is 7.90. The van der Waals surface area contributed by atoms with E-state index in [-0.39, 0.29) is 21.8 Å². The zero-order valence-corrected chi connectivity index (χ0v) is 18.6. The molecule has 0 aliphatic rings. The van der Waals surface area contributed by atoms with Crippen LogP contribution < -0.4 is 0 Å². The van der Waals surface area contributed by atoms with Crippen LogP contribution in [0.25, 0.3) is 11.4 Å². The van der Waals surface area contributed by atoms with Gasteiger partial charge in [-0.3, -0.25) is 4.98 Å². The van der Waals surface area contributed by atoms with Crippen molar-refractivity contribution in [3.05, 3.63) is 71.0 Å². The van der Waals surface area contributed by atoms with Gasteiger partial charge < -0.3 is 9.78 Å². The lowest BCUT2D eigenvalue weighted by atomic mass is 9.84. The second kappa shape index (κ2) is 9.58. The molecule has 0 saturated heterocycles. The van der Waals surface area contributed by atoms with E-state index in [2.05, 4.69) is 16.9 Å². The van der Waals surface area contributed by atoms with Crippen LogP contribution in [0.3, 0.4) is 0 Å². The Kier molecular flexibility index (Phi) is 7.10. The van der Waals surface area contributed by atoms with Gasteiger partial charge in [0.2, 0.25) is 0 Å². The smallest absolute Gasteiger partial charge is 0.176 e. The molecular formula is C23H25ClN2O3S. The Balaban J connectivity index is 2.02. The van der Waals surface area contributed by atoms with Gasteiger partial charge in [0.15, 0.2) is 9.84 Å². The molecule has 0 aliphatic heterocycles. The molecule has 0 aliphatic carbocycles. The Morgan fingerprint density at radius 2 is 1.97 bits per heavy atom. The van der Waals surface area contributed by atoms with Crippen molar-refractivity contribution >= 4 is 27.7 Å². The number of carbonyl (C=O) groups excluding carboxylic acids is 1. The van der Waals surface area contributed by atoms with Gasteiger partial charge in [-0.15, -0.1) is 0 Å². The molecule has 158 valence electrons. The number of H-pyrrole nitrogens is 1. The molecule has 0 saturated carbocycles. The lowest BCUT2D eigenvalue weighted by molar-refractivity contribution is -0.108. The molecule has 3 aromatic rings. The molecule has 2 heterocycles. The number of nitrogens with zero attached hydrogens (tertiary/aromatic N) is 1. The number of aromatic amines is 1. The molecule has 0 spiro atoms. The lowest BCUT2D eigenvalue weighted by Crippen LogP contribution is -2.10. The van der Waals surface area contributed by atoms with Crippen LogP contribution in [0.1, 0.15) is 43.4 Å². The Bertz CT molecular complexity index is 1110. The van der Waals surface area contributed by atoms with Gasteiger partial charge in [-0.05, 0) is 54.3 Å². The minimum Gasteiger partial charge on any atom is -0.357 e. The van der Waals surface area contributed by atoms with Crippen molar-refractivity contribution in [2.24, 2.45) is 5.92 Å². The van der Waals surface area contributed by atoms with E-state index in [9.17, 15) is 13.2 Å². The van der Waals surface area contributed by atoms with Crippen LogP contribution in [0.2, 0.25) is 5.02 Å². The first-order valence-corrected chi connectivity index (χ1v) is 12.1. The number of halogens is 1. The number of sulfone groups is 1. The van der Waals surface area contributed by atoms with Crippen molar-refractivity contribution in [2.75, 3.05) is 6.26 Å². The molecule has 3 rings (SSSR count). The Labute approximate surface area is 182 Å². The van der Waals surface area contributed by atoms with E-state index in [1.807, 2.05) is 36.4 Å². The van der Waals surface area contributed by atoms with E-state index in [1.165, 1.54) is 0 Å². The van der Waals surface area contributed by atoms with Crippen molar-refractivity contribution in [1.82, 2.24) is 9.97 Å². The van der Waals surface area contributed by atoms with Crippen LogP contribution in [-0.4, -0.2) is 30.9 Å². The van der Waals surface area contributed by atoms with Crippen molar-refractivity contribution in [2.45, 2.75) is 37.0 Å². The highest BCUT2D eigenvalue weighted by Gasteiger charge is 2.23. The van der Waals surface area contributed by atoms with E-state index < -0.39 is 9.84 Å². The maximum absolute atomic E-state index is 11.9. The normalized spacial score (nSPS) is 13.7. The number of aldehydes is 1. The molecular weight excluding hydrogens is 420 g/mol. The van der Waals surface area contributed by atoms with Gasteiger partial charge in [-0.1, -0.05) is 37.1 Å². The van der Waals surface area contributed by atoms with Crippen molar-refractivity contribution in [3.8, 4) is 11.4 Å². The van der Waals surface area contributed by atoms with Crippen LogP contribution in [0.15, 0.2) is 59.6 Å². The van der Waals surface area contributed by atoms with Gasteiger partial charge in [0.05, 0.1) is 21.3 Å². The van der Waals surface area contributed by atoms with Crippen molar-refractivity contribution in [3.63, 3.8) is 0 Å². The van der Waals surface area contributed by atoms with E-state index in [0.29, 0.717) is 6.42 Å². The van der Waals surface area contributed by atoms with E-state index >= 15 is 0 Å². The van der Waals surface area contributed by atoms with Gasteiger partial charge in [0, 0.05) is 30.5 Å². The fourth-order valence-electron chi connectivity index (χ4n) is 3.66. The fraction of sp³-hybridized carbons (Fsp3) is 0.304. The lowest BCUT2D eigenvalue weighted by Gasteiger charge is -2.22. The average Bonchev–Trinajstić information content (AvgIpc) is 3.20. The predicted molar refractivity (Wildman–Crippen MR) is 120 cm³/mol. The number of carbonyl (C=O) groups is 1. The Morgan fingerprint density at radius 1 is 1.17 bits per heavy atom. The van der Waals surface area contributed by atoms with Crippen molar-refractivity contribution < 1.29 is 13.2 Å². The standard InChI is InChI=1S/C23H25ClN2O3S/c1-3-16(11-13-27)14-18(17-7-10-23(19(24)15-17)30(2,28)29)20-8-9-22(26-20)21-6-4-5-12-25-21/h4-10,12-13,15-16,18,26H,3,11,14H2,1-2H3/t16-,18?/m0/s1. The number of nitrogens with one attached hydrogen (secondary N) is 1. The van der Waals surface area contributed by atoms with E-state index in [0.717, 1.165) is 48.0 Å². The molecule has 0 amide bonds. The van der Waals surface area contributed by atoms with Gasteiger partial charge in [0.1, 0.15) is 6.29 Å². The number of hydrogen-bond donors (Lipinski definition) is 1. The summed E-state index contributed by atoms with van der Waals surface area (Å²) in [6, 6.07) is 14.8. The quantitative estimate of drug-likeness (QED) is 0.456. The first kappa shape index (κ1) is 22.2. The minimum atomic E-state index is -3.40. The van der Waals surface area contributed by atoms with Crippen LogP contribution in [0, 0.1) is 5.92 Å². The summed E-state index contributed by atoms with van der Waals surface area (Å²) < 4.78 is 23.9. The van der Waals surface area contributed by atoms with Crippen LogP contribution in [0.4, 0.5) is 0 Å². The Hall–Kier alpha value is -2.44. The summed E-state index contributed by atoms with van der Waals surface area (Å²) in [6.45, 7) is 2.07. The molecule has 0 fully saturated rings. The summed E-state index contributed by atoms with van der Waals surface area (Å²) in [5.74, 6) is 0.154. The zero-order chi connectivity index (χ0) is 21.7. The fourth-order valence-corrected chi connectivity index (χ4v) is 5.00. The van der Waals surface area contributed by atoms with Gasteiger partial charge >= 0.3 is 0 Å². The van der Waals surface area contributed by atoms with Gasteiger partial charge in [-0.25, -0.2) is 8.42 Å². The van der Waals surface area contributed by atoms with Gasteiger partial charge in [0.25, 0.3) is 0 Å². The summed E-state index contributed by atoms with van der Waals surface area (Å²) in [5.41, 5.74) is 3.63. The Morgan fingerprint density at radius 3 is 2.57 bits per heavy atom. The molecule has 2 aromatic heterocycles. The molecule has 0 bridgehead atoms. The summed E-state index contributed by atoms with van der Waals surface area (Å²) in [7, 11) is -3.40. The number of benzene rings is 1. The molecule has 7 heteroatoms. The number of pyridine rings is 1. The molecule has 1 N–H and O–H groups in total. The average molecular weight is 445 g/mol. The second-order valence-electron chi connectivity index (χ2n) is 7.47. The molecule has 1 unspecified atom stereocenters. The van der Waals surface area contributed by atoms with Crippen molar-refractivity contribution in [1.29, 1.82) is 0 Å². The first-order valence-electron chi connectivity index (χ1n) is 9.87.